The Morgan fingerprint density at radius 2 is 0.962 bits per heavy atom. The fourth-order valence-corrected chi connectivity index (χ4v) is 3.82. The van der Waals surface area contributed by atoms with Crippen LogP contribution in [0.3, 0.4) is 0 Å². The molecular formula is C22H42N2O2. The first kappa shape index (κ1) is 23.0. The minimum Gasteiger partial charge on any atom is -0.370 e. The summed E-state index contributed by atoms with van der Waals surface area (Å²) in [6.45, 7) is 1.98. The van der Waals surface area contributed by atoms with Crippen molar-refractivity contribution in [2.45, 2.75) is 116 Å². The van der Waals surface area contributed by atoms with Crippen molar-refractivity contribution in [3.8, 4) is 0 Å². The number of nitrogens with zero attached hydrogens (tertiary/aromatic N) is 1. The average molecular weight is 367 g/mol. The van der Waals surface area contributed by atoms with Gasteiger partial charge in [-0.05, 0) is 25.7 Å². The van der Waals surface area contributed by atoms with Gasteiger partial charge < -0.3 is 10.6 Å². The smallest absolute Gasteiger partial charge is 0.222 e. The van der Waals surface area contributed by atoms with E-state index in [0.29, 0.717) is 12.3 Å². The van der Waals surface area contributed by atoms with Gasteiger partial charge in [-0.2, -0.15) is 0 Å². The quantitative estimate of drug-likeness (QED) is 0.398. The van der Waals surface area contributed by atoms with Crippen LogP contribution in [0.5, 0.6) is 0 Å². The largest absolute Gasteiger partial charge is 0.370 e. The van der Waals surface area contributed by atoms with Crippen molar-refractivity contribution in [3.63, 3.8) is 0 Å². The molecule has 0 aromatic heterocycles. The van der Waals surface area contributed by atoms with E-state index in [2.05, 4.69) is 4.90 Å². The van der Waals surface area contributed by atoms with Gasteiger partial charge in [-0.1, -0.05) is 77.0 Å². The van der Waals surface area contributed by atoms with Crippen LogP contribution in [0.1, 0.15) is 116 Å². The maximum atomic E-state index is 12.2. The summed E-state index contributed by atoms with van der Waals surface area (Å²) in [7, 11) is 0. The number of nitrogens with two attached hydrogens (primary N) is 1. The number of hydrogen-bond donors (Lipinski definition) is 1. The van der Waals surface area contributed by atoms with Gasteiger partial charge in [0.1, 0.15) is 0 Å². The van der Waals surface area contributed by atoms with Gasteiger partial charge in [0.15, 0.2) is 0 Å². The van der Waals surface area contributed by atoms with Crippen LogP contribution >= 0.6 is 0 Å². The summed E-state index contributed by atoms with van der Waals surface area (Å²) in [4.78, 5) is 24.9. The number of primary amides is 1. The van der Waals surface area contributed by atoms with Crippen LogP contribution in [0.25, 0.3) is 0 Å². The van der Waals surface area contributed by atoms with Gasteiger partial charge in [0.2, 0.25) is 11.8 Å². The Hall–Kier alpha value is -1.06. The zero-order valence-electron chi connectivity index (χ0n) is 17.0. The van der Waals surface area contributed by atoms with Gasteiger partial charge in [-0.15, -0.1) is 0 Å². The molecular weight excluding hydrogens is 324 g/mol. The monoisotopic (exact) mass is 366 g/mol. The van der Waals surface area contributed by atoms with E-state index in [0.717, 1.165) is 38.8 Å². The van der Waals surface area contributed by atoms with Crippen LogP contribution < -0.4 is 5.73 Å². The summed E-state index contributed by atoms with van der Waals surface area (Å²) in [6.07, 6.45) is 21.1. The predicted octanol–water partition coefficient (Wildman–Crippen LogP) is 5.34. The van der Waals surface area contributed by atoms with Crippen molar-refractivity contribution in [3.05, 3.63) is 0 Å². The lowest BCUT2D eigenvalue weighted by Crippen LogP contribution is -2.31. The Morgan fingerprint density at radius 1 is 0.577 bits per heavy atom. The zero-order valence-corrected chi connectivity index (χ0v) is 17.0. The van der Waals surface area contributed by atoms with E-state index in [1.807, 2.05) is 0 Å². The molecule has 26 heavy (non-hydrogen) atoms. The Morgan fingerprint density at radius 3 is 1.38 bits per heavy atom. The van der Waals surface area contributed by atoms with Crippen LogP contribution in [0.4, 0.5) is 0 Å². The first-order chi connectivity index (χ1) is 12.7. The molecule has 0 unspecified atom stereocenters. The van der Waals surface area contributed by atoms with Gasteiger partial charge in [0.05, 0.1) is 0 Å². The third kappa shape index (κ3) is 13.2. The van der Waals surface area contributed by atoms with E-state index in [1.165, 1.54) is 83.5 Å². The van der Waals surface area contributed by atoms with Crippen molar-refractivity contribution in [1.82, 2.24) is 4.90 Å². The number of carbonyl (C=O) groups excluding carboxylic acids is 2. The molecule has 1 heterocycles. The summed E-state index contributed by atoms with van der Waals surface area (Å²) in [5.41, 5.74) is 5.13. The van der Waals surface area contributed by atoms with Crippen molar-refractivity contribution < 1.29 is 9.59 Å². The fraction of sp³-hybridized carbons (Fsp3) is 0.909. The van der Waals surface area contributed by atoms with Gasteiger partial charge >= 0.3 is 0 Å². The standard InChI is InChI=1S/C22H42N2O2/c23-21(25)17-13-9-7-5-3-1-2-4-6-8-10-14-18-22(26)24-19-15-11-12-16-20-24/h1-20H2,(H2,23,25). The lowest BCUT2D eigenvalue weighted by atomic mass is 10.0. The first-order valence-electron chi connectivity index (χ1n) is 11.3. The normalized spacial score (nSPS) is 15.0. The number of likely N-dealkylation sites (tertiary alicyclic amines) is 1. The molecule has 1 fully saturated rings. The van der Waals surface area contributed by atoms with Crippen molar-refractivity contribution >= 4 is 11.8 Å². The van der Waals surface area contributed by atoms with Gasteiger partial charge in [-0.3, -0.25) is 9.59 Å². The highest BCUT2D eigenvalue weighted by Crippen LogP contribution is 2.15. The van der Waals surface area contributed by atoms with E-state index < -0.39 is 0 Å². The summed E-state index contributed by atoms with van der Waals surface area (Å²) in [5, 5.41) is 0. The van der Waals surface area contributed by atoms with Crippen LogP contribution in [0.15, 0.2) is 0 Å². The summed E-state index contributed by atoms with van der Waals surface area (Å²) in [6, 6.07) is 0. The summed E-state index contributed by atoms with van der Waals surface area (Å²) in [5.74, 6) is 0.221. The van der Waals surface area contributed by atoms with Gasteiger partial charge in [0.25, 0.3) is 0 Å². The second kappa shape index (κ2) is 16.1. The van der Waals surface area contributed by atoms with E-state index in [9.17, 15) is 9.59 Å². The Labute approximate surface area is 161 Å². The molecule has 0 saturated carbocycles. The van der Waals surface area contributed by atoms with Crippen LogP contribution in [-0.4, -0.2) is 29.8 Å². The van der Waals surface area contributed by atoms with E-state index in [1.54, 1.807) is 0 Å². The van der Waals surface area contributed by atoms with Gasteiger partial charge in [0, 0.05) is 25.9 Å². The Kier molecular flexibility index (Phi) is 14.3. The molecule has 1 aliphatic heterocycles. The lowest BCUT2D eigenvalue weighted by molar-refractivity contribution is -0.131. The van der Waals surface area contributed by atoms with Crippen LogP contribution in [-0.2, 0) is 9.59 Å². The molecule has 2 amide bonds. The Balaban J connectivity index is 1.79. The van der Waals surface area contributed by atoms with E-state index in [-0.39, 0.29) is 5.91 Å². The predicted molar refractivity (Wildman–Crippen MR) is 109 cm³/mol. The molecule has 1 aliphatic rings. The molecule has 4 heteroatoms. The topological polar surface area (TPSA) is 63.4 Å². The molecule has 0 bridgehead atoms. The minimum absolute atomic E-state index is 0.170. The SMILES string of the molecule is NC(=O)CCCCCCCCCCCCCCC(=O)N1CCCCCC1. The fourth-order valence-electron chi connectivity index (χ4n) is 3.82. The van der Waals surface area contributed by atoms with Crippen molar-refractivity contribution in [2.75, 3.05) is 13.1 Å². The first-order valence-corrected chi connectivity index (χ1v) is 11.3. The third-order valence-corrected chi connectivity index (χ3v) is 5.52. The molecule has 0 aromatic carbocycles. The second-order valence-corrected chi connectivity index (χ2v) is 8.00. The number of amides is 2. The molecule has 0 aromatic rings. The molecule has 4 nitrogen and oxygen atoms in total. The molecule has 0 atom stereocenters. The number of unbranched alkanes of at least 4 members (excludes halogenated alkanes) is 11. The highest BCUT2D eigenvalue weighted by Gasteiger charge is 2.14. The average Bonchev–Trinajstić information content (AvgIpc) is 2.91. The van der Waals surface area contributed by atoms with Crippen LogP contribution in [0.2, 0.25) is 0 Å². The van der Waals surface area contributed by atoms with Gasteiger partial charge in [-0.25, -0.2) is 0 Å². The summed E-state index contributed by atoms with van der Waals surface area (Å²) >= 11 is 0. The molecule has 0 aliphatic carbocycles. The highest BCUT2D eigenvalue weighted by molar-refractivity contribution is 5.76. The maximum absolute atomic E-state index is 12.2. The number of carbonyl (C=O) groups is 2. The molecule has 1 rings (SSSR count). The molecule has 152 valence electrons. The highest BCUT2D eigenvalue weighted by atomic mass is 16.2. The van der Waals surface area contributed by atoms with Crippen molar-refractivity contribution in [2.24, 2.45) is 5.73 Å². The molecule has 0 spiro atoms. The zero-order chi connectivity index (χ0) is 18.9. The lowest BCUT2D eigenvalue weighted by Gasteiger charge is -2.20. The van der Waals surface area contributed by atoms with Crippen LogP contribution in [0, 0.1) is 0 Å². The number of rotatable bonds is 15. The molecule has 0 radical (unpaired) electrons. The van der Waals surface area contributed by atoms with E-state index in [4.69, 9.17) is 5.73 Å². The Bertz CT molecular complexity index is 363. The molecule has 2 N–H and O–H groups in total. The third-order valence-electron chi connectivity index (χ3n) is 5.52. The van der Waals surface area contributed by atoms with Crippen molar-refractivity contribution in [1.29, 1.82) is 0 Å². The summed E-state index contributed by atoms with van der Waals surface area (Å²) < 4.78 is 0. The maximum Gasteiger partial charge on any atom is 0.222 e. The molecule has 1 saturated heterocycles. The minimum atomic E-state index is -0.170. The van der Waals surface area contributed by atoms with E-state index >= 15 is 0 Å². The number of hydrogen-bond acceptors (Lipinski definition) is 2. The second-order valence-electron chi connectivity index (χ2n) is 8.00.